The predicted octanol–water partition coefficient (Wildman–Crippen LogP) is 2.57. The maximum absolute atomic E-state index is 13.5. The van der Waals surface area contributed by atoms with Crippen LogP contribution in [0.5, 0.6) is 0 Å². The van der Waals surface area contributed by atoms with Crippen molar-refractivity contribution in [2.45, 2.75) is 13.8 Å². The van der Waals surface area contributed by atoms with Crippen molar-refractivity contribution in [1.29, 1.82) is 0 Å². The first-order chi connectivity index (χ1) is 8.90. The van der Waals surface area contributed by atoms with Crippen LogP contribution in [0.4, 0.5) is 14.5 Å². The van der Waals surface area contributed by atoms with Crippen molar-refractivity contribution in [3.8, 4) is 0 Å². The maximum Gasteiger partial charge on any atom is 0.259 e. The number of carbonyl (C=O) groups excluding carboxylic acids is 1. The molecule has 0 atom stereocenters. The molecular weight excluding hydrogens is 252 g/mol. The average Bonchev–Trinajstić information content (AvgIpc) is 2.57. The van der Waals surface area contributed by atoms with Gasteiger partial charge in [0.15, 0.2) is 0 Å². The number of aromatic nitrogens is 2. The molecule has 6 heteroatoms. The fraction of sp³-hybridized carbons (Fsp3) is 0.231. The zero-order chi connectivity index (χ0) is 14.2. The number of amides is 1. The van der Waals surface area contributed by atoms with E-state index in [2.05, 4.69) is 10.4 Å². The number of halogens is 2. The largest absolute Gasteiger partial charge is 0.319 e. The smallest absolute Gasteiger partial charge is 0.259 e. The summed E-state index contributed by atoms with van der Waals surface area (Å²) in [5, 5.41) is 6.53. The zero-order valence-corrected chi connectivity index (χ0v) is 10.8. The van der Waals surface area contributed by atoms with E-state index in [0.29, 0.717) is 17.0 Å². The van der Waals surface area contributed by atoms with Crippen LogP contribution in [-0.2, 0) is 7.05 Å². The summed E-state index contributed by atoms with van der Waals surface area (Å²) in [5.41, 5.74) is 1.57. The second-order valence-electron chi connectivity index (χ2n) is 4.25. The molecule has 2 rings (SSSR count). The molecule has 1 amide bonds. The first-order valence-corrected chi connectivity index (χ1v) is 5.66. The molecule has 1 aromatic heterocycles. The minimum Gasteiger partial charge on any atom is -0.319 e. The van der Waals surface area contributed by atoms with E-state index >= 15 is 0 Å². The lowest BCUT2D eigenvalue weighted by molar-refractivity contribution is 0.102. The predicted molar refractivity (Wildman–Crippen MR) is 67.0 cm³/mol. The Bertz CT molecular complexity index is 650. The minimum absolute atomic E-state index is 0.0611. The fourth-order valence-corrected chi connectivity index (χ4v) is 1.88. The van der Waals surface area contributed by atoms with Crippen molar-refractivity contribution in [3.63, 3.8) is 0 Å². The molecule has 0 saturated heterocycles. The van der Waals surface area contributed by atoms with Crippen molar-refractivity contribution in [1.82, 2.24) is 9.78 Å². The number of hydrogen-bond acceptors (Lipinski definition) is 2. The molecule has 0 bridgehead atoms. The van der Waals surface area contributed by atoms with Gasteiger partial charge in [-0.2, -0.15) is 5.10 Å². The molecule has 100 valence electrons. The van der Waals surface area contributed by atoms with Crippen molar-refractivity contribution in [2.24, 2.45) is 7.05 Å². The van der Waals surface area contributed by atoms with Crippen LogP contribution < -0.4 is 5.32 Å². The van der Waals surface area contributed by atoms with Gasteiger partial charge in [-0.25, -0.2) is 8.78 Å². The van der Waals surface area contributed by atoms with Crippen molar-refractivity contribution >= 4 is 11.6 Å². The molecule has 0 aliphatic heterocycles. The van der Waals surface area contributed by atoms with Crippen molar-refractivity contribution in [3.05, 3.63) is 46.8 Å². The highest BCUT2D eigenvalue weighted by molar-refractivity contribution is 6.05. The Balaban J connectivity index is 2.31. The molecule has 0 fully saturated rings. The number of carbonyl (C=O) groups is 1. The number of hydrogen-bond donors (Lipinski definition) is 1. The molecule has 0 unspecified atom stereocenters. The Labute approximate surface area is 109 Å². The van der Waals surface area contributed by atoms with Crippen LogP contribution in [-0.4, -0.2) is 15.7 Å². The van der Waals surface area contributed by atoms with Gasteiger partial charge in [-0.3, -0.25) is 9.48 Å². The number of benzene rings is 1. The third kappa shape index (κ3) is 2.47. The van der Waals surface area contributed by atoms with Gasteiger partial charge in [0.25, 0.3) is 5.91 Å². The van der Waals surface area contributed by atoms with Gasteiger partial charge >= 0.3 is 0 Å². The summed E-state index contributed by atoms with van der Waals surface area (Å²) in [6.45, 7) is 3.44. The molecule has 1 heterocycles. The Kier molecular flexibility index (Phi) is 3.33. The molecule has 2 aromatic rings. The van der Waals surface area contributed by atoms with Gasteiger partial charge in [0, 0.05) is 18.8 Å². The highest BCUT2D eigenvalue weighted by atomic mass is 19.1. The van der Waals surface area contributed by atoms with E-state index in [1.165, 1.54) is 6.07 Å². The molecule has 0 radical (unpaired) electrons. The Morgan fingerprint density at radius 1 is 1.32 bits per heavy atom. The molecule has 0 spiro atoms. The average molecular weight is 265 g/mol. The summed E-state index contributed by atoms with van der Waals surface area (Å²) >= 11 is 0. The van der Waals surface area contributed by atoms with E-state index in [0.717, 1.165) is 12.1 Å². The molecule has 1 aromatic carbocycles. The van der Waals surface area contributed by atoms with Crippen molar-refractivity contribution < 1.29 is 13.6 Å². The van der Waals surface area contributed by atoms with Gasteiger partial charge in [-0.15, -0.1) is 0 Å². The molecular formula is C13H13F2N3O. The normalized spacial score (nSPS) is 10.6. The number of anilines is 1. The maximum atomic E-state index is 13.5. The monoisotopic (exact) mass is 265 g/mol. The summed E-state index contributed by atoms with van der Waals surface area (Å²) in [6.07, 6.45) is 0. The zero-order valence-electron chi connectivity index (χ0n) is 10.8. The van der Waals surface area contributed by atoms with Gasteiger partial charge in [0.05, 0.1) is 16.9 Å². The second kappa shape index (κ2) is 4.79. The number of aryl methyl sites for hydroxylation is 2. The van der Waals surface area contributed by atoms with Gasteiger partial charge in [-0.1, -0.05) is 0 Å². The molecule has 0 aliphatic carbocycles. The fourth-order valence-electron chi connectivity index (χ4n) is 1.88. The van der Waals surface area contributed by atoms with E-state index in [9.17, 15) is 13.6 Å². The highest BCUT2D eigenvalue weighted by Crippen LogP contribution is 2.18. The van der Waals surface area contributed by atoms with E-state index in [1.807, 2.05) is 0 Å². The van der Waals surface area contributed by atoms with Gasteiger partial charge in [0.1, 0.15) is 11.6 Å². The number of rotatable bonds is 2. The van der Waals surface area contributed by atoms with Crippen LogP contribution in [0.2, 0.25) is 0 Å². The van der Waals surface area contributed by atoms with Crippen LogP contribution in [0.15, 0.2) is 18.2 Å². The van der Waals surface area contributed by atoms with E-state index in [1.54, 1.807) is 25.6 Å². The van der Waals surface area contributed by atoms with Crippen LogP contribution in [0.25, 0.3) is 0 Å². The molecule has 1 N–H and O–H groups in total. The topological polar surface area (TPSA) is 46.9 Å². The van der Waals surface area contributed by atoms with Gasteiger partial charge in [-0.05, 0) is 26.0 Å². The Hall–Kier alpha value is -2.24. The first kappa shape index (κ1) is 13.2. The van der Waals surface area contributed by atoms with Crippen LogP contribution >= 0.6 is 0 Å². The van der Waals surface area contributed by atoms with Crippen LogP contribution in [0.1, 0.15) is 21.7 Å². The lowest BCUT2D eigenvalue weighted by Crippen LogP contribution is -2.15. The standard InChI is InChI=1S/C13H13F2N3O/c1-7-12(8(2)18(3)17-7)13(19)16-11-5-4-9(14)6-10(11)15/h4-6H,1-3H3,(H,16,19). The summed E-state index contributed by atoms with van der Waals surface area (Å²) < 4.78 is 27.8. The van der Waals surface area contributed by atoms with Crippen LogP contribution in [0, 0.1) is 25.5 Å². The first-order valence-electron chi connectivity index (χ1n) is 5.66. The summed E-state index contributed by atoms with van der Waals surface area (Å²) in [6, 6.07) is 2.99. The lowest BCUT2D eigenvalue weighted by Gasteiger charge is -2.06. The Morgan fingerprint density at radius 2 is 2.00 bits per heavy atom. The third-order valence-electron chi connectivity index (χ3n) is 2.92. The summed E-state index contributed by atoms with van der Waals surface area (Å²) in [5.74, 6) is -1.97. The highest BCUT2D eigenvalue weighted by Gasteiger charge is 2.18. The molecule has 19 heavy (non-hydrogen) atoms. The quantitative estimate of drug-likeness (QED) is 0.907. The van der Waals surface area contributed by atoms with Crippen LogP contribution in [0.3, 0.4) is 0 Å². The molecule has 0 aliphatic rings. The summed E-state index contributed by atoms with van der Waals surface area (Å²) in [7, 11) is 1.72. The van der Waals surface area contributed by atoms with Gasteiger partial charge in [0.2, 0.25) is 0 Å². The molecule has 0 saturated carbocycles. The van der Waals surface area contributed by atoms with Gasteiger partial charge < -0.3 is 5.32 Å². The number of nitrogens with one attached hydrogen (secondary N) is 1. The second-order valence-corrected chi connectivity index (χ2v) is 4.25. The molecule has 4 nitrogen and oxygen atoms in total. The summed E-state index contributed by atoms with van der Waals surface area (Å²) in [4.78, 5) is 12.1. The van der Waals surface area contributed by atoms with E-state index < -0.39 is 17.5 Å². The minimum atomic E-state index is -0.812. The third-order valence-corrected chi connectivity index (χ3v) is 2.92. The lowest BCUT2D eigenvalue weighted by atomic mass is 10.2. The van der Waals surface area contributed by atoms with Crippen molar-refractivity contribution in [2.75, 3.05) is 5.32 Å². The number of nitrogens with zero attached hydrogens (tertiary/aromatic N) is 2. The Morgan fingerprint density at radius 3 is 2.53 bits per heavy atom. The van der Waals surface area contributed by atoms with E-state index in [4.69, 9.17) is 0 Å². The SMILES string of the molecule is Cc1nn(C)c(C)c1C(=O)Nc1ccc(F)cc1F. The van der Waals surface area contributed by atoms with E-state index in [-0.39, 0.29) is 5.69 Å².